The van der Waals surface area contributed by atoms with E-state index >= 15 is 0 Å². The van der Waals surface area contributed by atoms with Gasteiger partial charge in [-0.15, -0.1) is 0 Å². The predicted molar refractivity (Wildman–Crippen MR) is 88.3 cm³/mol. The average molecular weight is 320 g/mol. The van der Waals surface area contributed by atoms with Crippen LogP contribution in [0.3, 0.4) is 0 Å². The van der Waals surface area contributed by atoms with Crippen LogP contribution in [0.25, 0.3) is 0 Å². The Morgan fingerprint density at radius 3 is 1.05 bits per heavy atom. The monoisotopic (exact) mass is 320 g/mol. The molecule has 7 heteroatoms. The van der Waals surface area contributed by atoms with Crippen molar-refractivity contribution in [3.8, 4) is 0 Å². The summed E-state index contributed by atoms with van der Waals surface area (Å²) in [6.45, 7) is 11.7. The molecule has 0 rings (SSSR count). The van der Waals surface area contributed by atoms with Crippen molar-refractivity contribution < 1.29 is 14.2 Å². The summed E-state index contributed by atoms with van der Waals surface area (Å²) in [5.41, 5.74) is 17.7. The van der Waals surface area contributed by atoms with Crippen LogP contribution in [0, 0.1) is 0 Å². The highest BCUT2D eigenvalue weighted by molar-refractivity contribution is 4.67. The van der Waals surface area contributed by atoms with Crippen molar-refractivity contribution >= 4 is 0 Å². The lowest BCUT2D eigenvalue weighted by atomic mass is 10.3. The Labute approximate surface area is 135 Å². The van der Waals surface area contributed by atoms with Crippen LogP contribution in [-0.4, -0.2) is 42.3 Å². The largest absolute Gasteiger partial charge is 0.345 e. The first-order valence-electron chi connectivity index (χ1n) is 8.27. The van der Waals surface area contributed by atoms with E-state index in [9.17, 15) is 0 Å². The van der Waals surface area contributed by atoms with Gasteiger partial charge in [-0.2, -0.15) is 0 Å². The third-order valence-corrected chi connectivity index (χ3v) is 3.58. The Morgan fingerprint density at radius 1 is 0.636 bits per heavy atom. The van der Waals surface area contributed by atoms with Gasteiger partial charge in [-0.1, -0.05) is 20.8 Å². The summed E-state index contributed by atoms with van der Waals surface area (Å²) in [5, 5.41) is 0. The minimum atomic E-state index is -0.336. The fourth-order valence-electron chi connectivity index (χ4n) is 2.15. The second kappa shape index (κ2) is 11.3. The molecule has 0 saturated heterocycles. The van der Waals surface area contributed by atoms with Crippen molar-refractivity contribution in [2.24, 2.45) is 17.2 Å². The molecule has 6 atom stereocenters. The lowest BCUT2D eigenvalue weighted by Crippen LogP contribution is -2.53. The topological polar surface area (TPSA) is 109 Å². The summed E-state index contributed by atoms with van der Waals surface area (Å²) >= 11 is 0. The van der Waals surface area contributed by atoms with Crippen molar-refractivity contribution in [3.05, 3.63) is 0 Å². The minimum absolute atomic E-state index is 0.284. The summed E-state index contributed by atoms with van der Waals surface area (Å²) in [4.78, 5) is 1.94. The van der Waals surface area contributed by atoms with Crippen molar-refractivity contribution in [1.29, 1.82) is 0 Å². The highest BCUT2D eigenvalue weighted by atomic mass is 16.6. The minimum Gasteiger partial charge on any atom is -0.345 e. The van der Waals surface area contributed by atoms with Gasteiger partial charge in [-0.05, 0) is 40.0 Å². The van der Waals surface area contributed by atoms with E-state index in [4.69, 9.17) is 31.4 Å². The summed E-state index contributed by atoms with van der Waals surface area (Å²) in [6, 6.07) is 0. The first kappa shape index (κ1) is 21.7. The van der Waals surface area contributed by atoms with Crippen LogP contribution in [-0.2, 0) is 14.2 Å². The summed E-state index contributed by atoms with van der Waals surface area (Å²) < 4.78 is 17.4. The third kappa shape index (κ3) is 7.82. The molecule has 0 fully saturated rings. The second-order valence-electron chi connectivity index (χ2n) is 5.49. The molecule has 0 spiro atoms. The molecule has 0 amide bonds. The van der Waals surface area contributed by atoms with Crippen LogP contribution in [0.15, 0.2) is 0 Å². The Hall–Kier alpha value is -0.280. The van der Waals surface area contributed by atoms with E-state index in [0.717, 1.165) is 19.3 Å². The number of nitrogens with two attached hydrogens (primary N) is 3. The molecule has 0 aromatic rings. The quantitative estimate of drug-likeness (QED) is 0.467. The van der Waals surface area contributed by atoms with E-state index in [2.05, 4.69) is 0 Å². The van der Waals surface area contributed by atoms with E-state index in [1.54, 1.807) is 0 Å². The van der Waals surface area contributed by atoms with Gasteiger partial charge in [0.05, 0.1) is 0 Å². The van der Waals surface area contributed by atoms with Gasteiger partial charge >= 0.3 is 0 Å². The van der Waals surface area contributed by atoms with Gasteiger partial charge in [0.2, 0.25) is 0 Å². The van der Waals surface area contributed by atoms with E-state index < -0.39 is 0 Å². The van der Waals surface area contributed by atoms with E-state index in [-0.39, 0.29) is 37.4 Å². The molecule has 0 heterocycles. The van der Waals surface area contributed by atoms with Crippen molar-refractivity contribution in [2.45, 2.75) is 98.2 Å². The van der Waals surface area contributed by atoms with Crippen LogP contribution >= 0.6 is 0 Å². The average Bonchev–Trinajstić information content (AvgIpc) is 2.46. The zero-order valence-corrected chi connectivity index (χ0v) is 15.0. The van der Waals surface area contributed by atoms with Gasteiger partial charge in [-0.3, -0.25) is 0 Å². The lowest BCUT2D eigenvalue weighted by molar-refractivity contribution is -0.238. The standard InChI is InChI=1S/C15H36N4O3/c1-7-13(16)20-10(4)19(11(5)21-14(17)8-2)12(6)22-15(18)9-3/h10-15H,7-9,16-18H2,1-6H3. The van der Waals surface area contributed by atoms with Gasteiger partial charge in [0.1, 0.15) is 37.4 Å². The van der Waals surface area contributed by atoms with Crippen LogP contribution in [0.1, 0.15) is 60.8 Å². The van der Waals surface area contributed by atoms with Crippen LogP contribution in [0.4, 0.5) is 0 Å². The highest BCUT2D eigenvalue weighted by Gasteiger charge is 2.30. The predicted octanol–water partition coefficient (Wildman–Crippen LogP) is 1.46. The SMILES string of the molecule is CCC(N)OC(C)N(C(C)OC(N)CC)C(C)OC(N)CC. The van der Waals surface area contributed by atoms with Crippen LogP contribution in [0.2, 0.25) is 0 Å². The Balaban J connectivity index is 4.94. The van der Waals surface area contributed by atoms with Gasteiger partial charge in [0, 0.05) is 0 Å². The zero-order valence-electron chi connectivity index (χ0n) is 15.0. The van der Waals surface area contributed by atoms with E-state index in [1.165, 1.54) is 0 Å². The number of hydrogen-bond acceptors (Lipinski definition) is 7. The summed E-state index contributed by atoms with van der Waals surface area (Å²) in [7, 11) is 0. The fourth-order valence-corrected chi connectivity index (χ4v) is 2.15. The zero-order chi connectivity index (χ0) is 17.3. The molecule has 134 valence electrons. The molecule has 6 unspecified atom stereocenters. The third-order valence-electron chi connectivity index (χ3n) is 3.58. The van der Waals surface area contributed by atoms with Gasteiger partial charge < -0.3 is 31.4 Å². The number of rotatable bonds is 12. The first-order valence-corrected chi connectivity index (χ1v) is 8.27. The maximum Gasteiger partial charge on any atom is 0.113 e. The number of hydrogen-bond donors (Lipinski definition) is 3. The molecule has 0 aromatic heterocycles. The molecule has 22 heavy (non-hydrogen) atoms. The van der Waals surface area contributed by atoms with Crippen molar-refractivity contribution in [3.63, 3.8) is 0 Å². The number of ether oxygens (including phenoxy) is 3. The van der Waals surface area contributed by atoms with Crippen LogP contribution < -0.4 is 17.2 Å². The second-order valence-corrected chi connectivity index (χ2v) is 5.49. The smallest absolute Gasteiger partial charge is 0.113 e. The lowest BCUT2D eigenvalue weighted by Gasteiger charge is -2.40. The summed E-state index contributed by atoms with van der Waals surface area (Å²) in [6.07, 6.45) is 0.321. The molecule has 0 bridgehead atoms. The Kier molecular flexibility index (Phi) is 11.1. The van der Waals surface area contributed by atoms with Crippen LogP contribution in [0.5, 0.6) is 0 Å². The van der Waals surface area contributed by atoms with Crippen molar-refractivity contribution in [1.82, 2.24) is 4.90 Å². The number of nitrogens with zero attached hydrogens (tertiary/aromatic N) is 1. The summed E-state index contributed by atoms with van der Waals surface area (Å²) in [5.74, 6) is 0. The van der Waals surface area contributed by atoms with Gasteiger partial charge in [-0.25, -0.2) is 4.90 Å². The first-order chi connectivity index (χ1) is 10.3. The highest BCUT2D eigenvalue weighted by Crippen LogP contribution is 2.17. The molecule has 0 aromatic carbocycles. The van der Waals surface area contributed by atoms with Crippen molar-refractivity contribution in [2.75, 3.05) is 0 Å². The van der Waals surface area contributed by atoms with Gasteiger partial charge in [0.25, 0.3) is 0 Å². The molecular weight excluding hydrogens is 284 g/mol. The molecule has 0 aliphatic carbocycles. The molecule has 7 nitrogen and oxygen atoms in total. The molecular formula is C15H36N4O3. The molecule has 6 N–H and O–H groups in total. The Morgan fingerprint density at radius 2 is 0.864 bits per heavy atom. The normalized spacial score (nSPS) is 20.5. The molecule has 0 radical (unpaired) electrons. The molecule has 0 saturated carbocycles. The van der Waals surface area contributed by atoms with E-state index in [0.29, 0.717) is 0 Å². The molecule has 0 aliphatic heterocycles. The Bertz CT molecular complexity index is 241. The van der Waals surface area contributed by atoms with E-state index in [1.807, 2.05) is 46.4 Å². The maximum atomic E-state index is 5.89. The van der Waals surface area contributed by atoms with Gasteiger partial charge in [0.15, 0.2) is 0 Å². The fraction of sp³-hybridized carbons (Fsp3) is 1.00. The molecule has 0 aliphatic rings. The maximum absolute atomic E-state index is 5.89.